The average molecular weight is 330 g/mol. The number of nitrogens with zero attached hydrogens (tertiary/aromatic N) is 1. The number of nitrogens with one attached hydrogen (secondary N) is 1. The lowest BCUT2D eigenvalue weighted by Crippen LogP contribution is -2.30. The summed E-state index contributed by atoms with van der Waals surface area (Å²) in [6.45, 7) is 11.4. The van der Waals surface area contributed by atoms with Gasteiger partial charge in [0.1, 0.15) is 11.6 Å². The predicted octanol–water partition coefficient (Wildman–Crippen LogP) is 4.73. The van der Waals surface area contributed by atoms with Crippen LogP contribution in [0.5, 0.6) is 5.75 Å². The molecule has 1 N–H and O–H groups in total. The maximum absolute atomic E-state index is 14.1. The van der Waals surface area contributed by atoms with E-state index < -0.39 is 0 Å². The highest BCUT2D eigenvalue weighted by Gasteiger charge is 2.12. The van der Waals surface area contributed by atoms with E-state index in [-0.39, 0.29) is 5.82 Å². The van der Waals surface area contributed by atoms with Crippen molar-refractivity contribution in [3.8, 4) is 17.0 Å². The zero-order valence-corrected chi connectivity index (χ0v) is 15.2. The summed E-state index contributed by atoms with van der Waals surface area (Å²) in [7, 11) is 0. The standard InChI is InChI=1S/C20H27FN2O/c1-6-24-16-7-8-17(14(4)11-16)19-10-9-18(21)20(23-19)12-22-15(5)13(2)3/h7-11,13,15,22H,6,12H2,1-5H3/t15-/m1/s1. The largest absolute Gasteiger partial charge is 0.494 e. The molecule has 0 bridgehead atoms. The summed E-state index contributed by atoms with van der Waals surface area (Å²) in [5, 5.41) is 3.34. The number of ether oxygens (including phenoxy) is 1. The number of pyridine rings is 1. The van der Waals surface area contributed by atoms with Crippen LogP contribution < -0.4 is 10.1 Å². The topological polar surface area (TPSA) is 34.1 Å². The Kier molecular flexibility index (Phi) is 6.32. The third-order valence-electron chi connectivity index (χ3n) is 4.29. The molecule has 0 fully saturated rings. The molecule has 0 aliphatic rings. The maximum Gasteiger partial charge on any atom is 0.146 e. The van der Waals surface area contributed by atoms with Gasteiger partial charge < -0.3 is 10.1 Å². The highest BCUT2D eigenvalue weighted by atomic mass is 19.1. The van der Waals surface area contributed by atoms with Gasteiger partial charge in [-0.3, -0.25) is 0 Å². The first-order valence-electron chi connectivity index (χ1n) is 8.55. The molecule has 1 heterocycles. The molecule has 3 nitrogen and oxygen atoms in total. The third-order valence-corrected chi connectivity index (χ3v) is 4.29. The van der Waals surface area contributed by atoms with Crippen molar-refractivity contribution >= 4 is 0 Å². The molecule has 0 unspecified atom stereocenters. The monoisotopic (exact) mass is 330 g/mol. The normalized spacial score (nSPS) is 12.5. The number of hydrogen-bond acceptors (Lipinski definition) is 3. The molecule has 0 aliphatic carbocycles. The fourth-order valence-electron chi connectivity index (χ4n) is 2.43. The summed E-state index contributed by atoms with van der Waals surface area (Å²) in [5.41, 5.74) is 3.30. The third kappa shape index (κ3) is 4.54. The Morgan fingerprint density at radius 3 is 2.54 bits per heavy atom. The van der Waals surface area contributed by atoms with E-state index in [2.05, 4.69) is 31.1 Å². The molecule has 0 saturated carbocycles. The smallest absolute Gasteiger partial charge is 0.146 e. The minimum absolute atomic E-state index is 0.272. The van der Waals surface area contributed by atoms with Crippen molar-refractivity contribution in [2.24, 2.45) is 5.92 Å². The summed E-state index contributed by atoms with van der Waals surface area (Å²) in [5.74, 6) is 1.06. The molecule has 2 rings (SSSR count). The highest BCUT2D eigenvalue weighted by molar-refractivity contribution is 5.64. The fraction of sp³-hybridized carbons (Fsp3) is 0.450. The van der Waals surface area contributed by atoms with Crippen molar-refractivity contribution in [2.45, 2.75) is 47.2 Å². The van der Waals surface area contributed by atoms with Gasteiger partial charge in [-0.2, -0.15) is 0 Å². The van der Waals surface area contributed by atoms with Gasteiger partial charge in [0, 0.05) is 18.2 Å². The van der Waals surface area contributed by atoms with Crippen molar-refractivity contribution in [1.29, 1.82) is 0 Å². The van der Waals surface area contributed by atoms with Gasteiger partial charge in [0.25, 0.3) is 0 Å². The minimum Gasteiger partial charge on any atom is -0.494 e. The lowest BCUT2D eigenvalue weighted by atomic mass is 10.0. The molecule has 24 heavy (non-hydrogen) atoms. The molecule has 130 valence electrons. The zero-order valence-electron chi connectivity index (χ0n) is 15.2. The van der Waals surface area contributed by atoms with Gasteiger partial charge in [-0.05, 0) is 62.6 Å². The molecule has 2 aromatic rings. The van der Waals surface area contributed by atoms with Gasteiger partial charge in [-0.1, -0.05) is 13.8 Å². The highest BCUT2D eigenvalue weighted by Crippen LogP contribution is 2.26. The van der Waals surface area contributed by atoms with Crippen molar-refractivity contribution in [3.63, 3.8) is 0 Å². The molecule has 0 amide bonds. The zero-order chi connectivity index (χ0) is 17.7. The number of halogens is 1. The first-order valence-corrected chi connectivity index (χ1v) is 8.55. The lowest BCUT2D eigenvalue weighted by Gasteiger charge is -2.17. The Morgan fingerprint density at radius 2 is 1.92 bits per heavy atom. The van der Waals surface area contributed by atoms with Gasteiger partial charge >= 0.3 is 0 Å². The lowest BCUT2D eigenvalue weighted by molar-refractivity contribution is 0.340. The molecule has 0 radical (unpaired) electrons. The second-order valence-corrected chi connectivity index (χ2v) is 6.45. The van der Waals surface area contributed by atoms with Crippen LogP contribution in [0.1, 0.15) is 39.0 Å². The van der Waals surface area contributed by atoms with Crippen molar-refractivity contribution < 1.29 is 9.13 Å². The Morgan fingerprint density at radius 1 is 1.17 bits per heavy atom. The Bertz CT molecular complexity index is 685. The fourth-order valence-corrected chi connectivity index (χ4v) is 2.43. The van der Waals surface area contributed by atoms with E-state index in [0.29, 0.717) is 30.8 Å². The number of aryl methyl sites for hydroxylation is 1. The summed E-state index contributed by atoms with van der Waals surface area (Å²) in [6, 6.07) is 9.43. The Labute approximate surface area is 144 Å². The molecule has 1 atom stereocenters. The van der Waals surface area contributed by atoms with Gasteiger partial charge in [-0.25, -0.2) is 9.37 Å². The SMILES string of the molecule is CCOc1ccc(-c2ccc(F)c(CN[C@H](C)C(C)C)n2)c(C)c1. The van der Waals surface area contributed by atoms with Crippen LogP contribution in [0.3, 0.4) is 0 Å². The van der Waals surface area contributed by atoms with Gasteiger partial charge in [0.2, 0.25) is 0 Å². The van der Waals surface area contributed by atoms with E-state index in [1.54, 1.807) is 6.07 Å². The molecule has 0 aliphatic heterocycles. The molecule has 1 aromatic heterocycles. The second kappa shape index (κ2) is 8.25. The quantitative estimate of drug-likeness (QED) is 0.797. The van der Waals surface area contributed by atoms with Gasteiger partial charge in [-0.15, -0.1) is 0 Å². The van der Waals surface area contributed by atoms with Crippen molar-refractivity contribution in [1.82, 2.24) is 10.3 Å². The second-order valence-electron chi connectivity index (χ2n) is 6.45. The first kappa shape index (κ1) is 18.4. The summed E-state index contributed by atoms with van der Waals surface area (Å²) >= 11 is 0. The minimum atomic E-state index is -0.272. The summed E-state index contributed by atoms with van der Waals surface area (Å²) in [6.07, 6.45) is 0. The van der Waals surface area contributed by atoms with Crippen LogP contribution in [-0.4, -0.2) is 17.6 Å². The van der Waals surface area contributed by atoms with Gasteiger partial charge in [0.15, 0.2) is 0 Å². The number of aromatic nitrogens is 1. The Balaban J connectivity index is 2.24. The van der Waals surface area contributed by atoms with E-state index in [4.69, 9.17) is 4.74 Å². The molecular weight excluding hydrogens is 303 g/mol. The van der Waals surface area contributed by atoms with Crippen molar-refractivity contribution in [2.75, 3.05) is 6.61 Å². The summed E-state index contributed by atoms with van der Waals surface area (Å²) < 4.78 is 19.6. The van der Waals surface area contributed by atoms with E-state index in [1.807, 2.05) is 32.0 Å². The number of rotatable bonds is 7. The first-order chi connectivity index (χ1) is 11.4. The molecular formula is C20H27FN2O. The van der Waals surface area contributed by atoms with Crippen LogP contribution in [0.25, 0.3) is 11.3 Å². The molecule has 1 aromatic carbocycles. The van der Waals surface area contributed by atoms with E-state index in [9.17, 15) is 4.39 Å². The Hall–Kier alpha value is -1.94. The summed E-state index contributed by atoms with van der Waals surface area (Å²) in [4.78, 5) is 4.53. The van der Waals surface area contributed by atoms with Crippen molar-refractivity contribution in [3.05, 3.63) is 47.4 Å². The van der Waals surface area contributed by atoms with E-state index in [1.165, 1.54) is 6.07 Å². The molecule has 4 heteroatoms. The van der Waals surface area contributed by atoms with Crippen LogP contribution in [0, 0.1) is 18.7 Å². The van der Waals surface area contributed by atoms with Crippen LogP contribution in [0.2, 0.25) is 0 Å². The van der Waals surface area contributed by atoms with Crippen LogP contribution in [0.15, 0.2) is 30.3 Å². The maximum atomic E-state index is 14.1. The van der Waals surface area contributed by atoms with E-state index in [0.717, 1.165) is 22.6 Å². The van der Waals surface area contributed by atoms with Crippen LogP contribution in [-0.2, 0) is 6.54 Å². The molecule has 0 spiro atoms. The number of hydrogen-bond donors (Lipinski definition) is 1. The average Bonchev–Trinajstić information content (AvgIpc) is 2.54. The number of benzene rings is 1. The van der Waals surface area contributed by atoms with E-state index >= 15 is 0 Å². The van der Waals surface area contributed by atoms with Crippen LogP contribution in [0.4, 0.5) is 4.39 Å². The molecule has 0 saturated heterocycles. The predicted molar refractivity (Wildman–Crippen MR) is 96.7 cm³/mol. The van der Waals surface area contributed by atoms with Gasteiger partial charge in [0.05, 0.1) is 18.0 Å². The van der Waals surface area contributed by atoms with Crippen LogP contribution >= 0.6 is 0 Å².